The van der Waals surface area contributed by atoms with E-state index in [1.807, 2.05) is 18.2 Å². The molecule has 2 fully saturated rings. The van der Waals surface area contributed by atoms with Crippen molar-refractivity contribution in [3.05, 3.63) is 30.1 Å². The lowest BCUT2D eigenvalue weighted by molar-refractivity contribution is -0.124. The van der Waals surface area contributed by atoms with E-state index in [9.17, 15) is 9.90 Å². The number of amides is 1. The van der Waals surface area contributed by atoms with Crippen LogP contribution >= 0.6 is 0 Å². The summed E-state index contributed by atoms with van der Waals surface area (Å²) in [5.74, 6) is 0.913. The number of hydrogen-bond donors (Lipinski definition) is 2. The molecule has 2 heterocycles. The van der Waals surface area contributed by atoms with Crippen LogP contribution in [0.3, 0.4) is 0 Å². The third-order valence-corrected chi connectivity index (χ3v) is 5.67. The molecule has 138 valence electrons. The Morgan fingerprint density at radius 3 is 2.72 bits per heavy atom. The van der Waals surface area contributed by atoms with Crippen molar-refractivity contribution in [2.24, 2.45) is 11.8 Å². The average molecular weight is 345 g/mol. The molecule has 0 spiro atoms. The first-order chi connectivity index (χ1) is 12.2. The highest BCUT2D eigenvalue weighted by Gasteiger charge is 2.36. The third kappa shape index (κ3) is 5.02. The van der Waals surface area contributed by atoms with E-state index < -0.39 is 0 Å². The van der Waals surface area contributed by atoms with E-state index in [0.29, 0.717) is 18.3 Å². The lowest BCUT2D eigenvalue weighted by atomic mass is 9.76. The molecule has 5 heteroatoms. The minimum atomic E-state index is -0.226. The van der Waals surface area contributed by atoms with E-state index in [0.717, 1.165) is 44.5 Å². The number of hydrogen-bond acceptors (Lipinski definition) is 4. The van der Waals surface area contributed by atoms with Crippen molar-refractivity contribution in [2.75, 3.05) is 19.6 Å². The lowest BCUT2D eigenvalue weighted by Gasteiger charge is -2.38. The number of carbonyl (C=O) groups is 1. The molecule has 1 saturated heterocycles. The topological polar surface area (TPSA) is 65.5 Å². The highest BCUT2D eigenvalue weighted by Crippen LogP contribution is 2.37. The maximum atomic E-state index is 12.6. The second kappa shape index (κ2) is 8.77. The Labute approximate surface area is 150 Å². The van der Waals surface area contributed by atoms with Crippen molar-refractivity contribution in [3.63, 3.8) is 0 Å². The Morgan fingerprint density at radius 1 is 1.36 bits per heavy atom. The zero-order valence-electron chi connectivity index (χ0n) is 15.2. The number of likely N-dealkylation sites (tertiary alicyclic amines) is 1. The molecular formula is C20H31N3O2. The smallest absolute Gasteiger partial charge is 0.220 e. The highest BCUT2D eigenvalue weighted by molar-refractivity contribution is 5.76. The molecule has 0 aromatic carbocycles. The normalized spacial score (nSPS) is 26.0. The molecule has 25 heavy (non-hydrogen) atoms. The van der Waals surface area contributed by atoms with Crippen LogP contribution in [0.4, 0.5) is 0 Å². The summed E-state index contributed by atoms with van der Waals surface area (Å²) in [5.41, 5.74) is 0.908. The number of nitrogens with zero attached hydrogens (tertiary/aromatic N) is 2. The van der Waals surface area contributed by atoms with Crippen molar-refractivity contribution in [3.8, 4) is 0 Å². The Morgan fingerprint density at radius 2 is 2.12 bits per heavy atom. The van der Waals surface area contributed by atoms with Gasteiger partial charge in [0.05, 0.1) is 17.8 Å². The third-order valence-electron chi connectivity index (χ3n) is 5.67. The number of rotatable bonds is 7. The molecule has 1 aromatic rings. The van der Waals surface area contributed by atoms with E-state index in [4.69, 9.17) is 0 Å². The monoisotopic (exact) mass is 345 g/mol. The predicted molar refractivity (Wildman–Crippen MR) is 97.9 cm³/mol. The van der Waals surface area contributed by atoms with Crippen LogP contribution in [0.25, 0.3) is 0 Å². The number of aliphatic hydroxyl groups excluding tert-OH is 1. The van der Waals surface area contributed by atoms with E-state index in [2.05, 4.69) is 22.1 Å². The van der Waals surface area contributed by atoms with Crippen molar-refractivity contribution in [1.29, 1.82) is 0 Å². The van der Waals surface area contributed by atoms with Crippen molar-refractivity contribution >= 4 is 5.91 Å². The Kier molecular flexibility index (Phi) is 6.43. The Hall–Kier alpha value is -1.46. The molecule has 1 aliphatic heterocycles. The second-order valence-electron chi connectivity index (χ2n) is 7.67. The van der Waals surface area contributed by atoms with Gasteiger partial charge in [-0.15, -0.1) is 0 Å². The second-order valence-corrected chi connectivity index (χ2v) is 7.67. The average Bonchev–Trinajstić information content (AvgIpc) is 2.60. The summed E-state index contributed by atoms with van der Waals surface area (Å²) in [6.45, 7) is 5.62. The van der Waals surface area contributed by atoms with Gasteiger partial charge in [-0.25, -0.2) is 0 Å². The largest absolute Gasteiger partial charge is 0.393 e. The van der Waals surface area contributed by atoms with Gasteiger partial charge in [0.15, 0.2) is 0 Å². The van der Waals surface area contributed by atoms with Gasteiger partial charge in [-0.3, -0.25) is 9.78 Å². The van der Waals surface area contributed by atoms with Gasteiger partial charge in [0.1, 0.15) is 0 Å². The molecule has 1 atom stereocenters. The van der Waals surface area contributed by atoms with E-state index in [-0.39, 0.29) is 18.1 Å². The summed E-state index contributed by atoms with van der Waals surface area (Å²) in [5, 5.41) is 12.9. The number of piperidine rings is 1. The first-order valence-corrected chi connectivity index (χ1v) is 9.76. The number of aromatic nitrogens is 1. The molecule has 0 bridgehead atoms. The maximum absolute atomic E-state index is 12.6. The maximum Gasteiger partial charge on any atom is 0.220 e. The van der Waals surface area contributed by atoms with Gasteiger partial charge in [-0.05, 0) is 75.7 Å². The van der Waals surface area contributed by atoms with Crippen LogP contribution in [-0.4, -0.2) is 46.6 Å². The zero-order chi connectivity index (χ0) is 17.6. The summed E-state index contributed by atoms with van der Waals surface area (Å²) in [7, 11) is 0. The van der Waals surface area contributed by atoms with Crippen molar-refractivity contribution in [1.82, 2.24) is 15.2 Å². The van der Waals surface area contributed by atoms with E-state index in [1.165, 1.54) is 13.0 Å². The molecule has 2 aliphatic rings. The van der Waals surface area contributed by atoms with Crippen LogP contribution in [0, 0.1) is 11.8 Å². The predicted octanol–water partition coefficient (Wildman–Crippen LogP) is 2.52. The van der Waals surface area contributed by atoms with Crippen molar-refractivity contribution in [2.45, 2.75) is 57.6 Å². The number of aliphatic hydroxyl groups is 1. The van der Waals surface area contributed by atoms with Crippen LogP contribution in [0.2, 0.25) is 0 Å². The van der Waals surface area contributed by atoms with Gasteiger partial charge >= 0.3 is 0 Å². The molecule has 1 saturated carbocycles. The van der Waals surface area contributed by atoms with Crippen LogP contribution in [0.1, 0.15) is 57.2 Å². The molecule has 1 aliphatic carbocycles. The van der Waals surface area contributed by atoms with E-state index >= 15 is 0 Å². The van der Waals surface area contributed by atoms with Crippen LogP contribution < -0.4 is 5.32 Å². The standard InChI is InChI=1S/C20H31N3O2/c1-2-9-23-10-6-15(7-11-23)12-19(25)22-20(16-13-17(24)14-16)18-5-3-4-8-21-18/h3-5,8,15-17,20,24H,2,6-7,9-14H2,1H3,(H,22,25)/t16?,17?,20-/m0/s1. The first-order valence-electron chi connectivity index (χ1n) is 9.76. The number of pyridine rings is 1. The fourth-order valence-corrected chi connectivity index (χ4v) is 4.12. The van der Waals surface area contributed by atoms with Crippen LogP contribution in [-0.2, 0) is 4.79 Å². The van der Waals surface area contributed by atoms with E-state index in [1.54, 1.807) is 6.20 Å². The molecule has 0 unspecified atom stereocenters. The van der Waals surface area contributed by atoms with Gasteiger partial charge in [0.2, 0.25) is 5.91 Å². The quantitative estimate of drug-likeness (QED) is 0.797. The van der Waals surface area contributed by atoms with Gasteiger partial charge in [0, 0.05) is 12.6 Å². The molecule has 2 N–H and O–H groups in total. The van der Waals surface area contributed by atoms with Crippen LogP contribution in [0.15, 0.2) is 24.4 Å². The summed E-state index contributed by atoms with van der Waals surface area (Å²) < 4.78 is 0. The highest BCUT2D eigenvalue weighted by atomic mass is 16.3. The fourth-order valence-electron chi connectivity index (χ4n) is 4.12. The van der Waals surface area contributed by atoms with Gasteiger partial charge in [-0.2, -0.15) is 0 Å². The van der Waals surface area contributed by atoms with Gasteiger partial charge in [-0.1, -0.05) is 13.0 Å². The first kappa shape index (κ1) is 18.3. The Bertz CT molecular complexity index is 537. The molecule has 1 aromatic heterocycles. The van der Waals surface area contributed by atoms with Crippen molar-refractivity contribution < 1.29 is 9.90 Å². The van der Waals surface area contributed by atoms with Gasteiger partial charge < -0.3 is 15.3 Å². The Balaban J connectivity index is 1.52. The van der Waals surface area contributed by atoms with Gasteiger partial charge in [0.25, 0.3) is 0 Å². The zero-order valence-corrected chi connectivity index (χ0v) is 15.2. The minimum Gasteiger partial charge on any atom is -0.393 e. The van der Waals surface area contributed by atoms with Crippen LogP contribution in [0.5, 0.6) is 0 Å². The lowest BCUT2D eigenvalue weighted by Crippen LogP contribution is -2.42. The summed E-state index contributed by atoms with van der Waals surface area (Å²) in [4.78, 5) is 19.5. The number of nitrogens with one attached hydrogen (secondary N) is 1. The molecule has 1 amide bonds. The fraction of sp³-hybridized carbons (Fsp3) is 0.700. The summed E-state index contributed by atoms with van der Waals surface area (Å²) in [6.07, 6.45) is 7.08. The molecule has 0 radical (unpaired) electrons. The summed E-state index contributed by atoms with van der Waals surface area (Å²) in [6, 6.07) is 5.75. The summed E-state index contributed by atoms with van der Waals surface area (Å²) >= 11 is 0. The number of carbonyl (C=O) groups excluding carboxylic acids is 1. The molecule has 5 nitrogen and oxygen atoms in total. The minimum absolute atomic E-state index is 0.0720. The SMILES string of the molecule is CCCN1CCC(CC(=O)N[C@H](c2ccccn2)C2CC(O)C2)CC1. The molecular weight excluding hydrogens is 314 g/mol. The molecule has 3 rings (SSSR count).